The molecule has 3 rings (SSSR count). The Balaban J connectivity index is 1.49. The SMILES string of the molecule is C[C@H]1Cc2ccccc2N1C(=O)COC(=O)CNC(=O)c1ccco1. The monoisotopic (exact) mass is 342 g/mol. The van der Waals surface area contributed by atoms with Crippen LogP contribution in [0.15, 0.2) is 47.1 Å². The number of hydrogen-bond acceptors (Lipinski definition) is 5. The lowest BCUT2D eigenvalue weighted by molar-refractivity contribution is -0.146. The van der Waals surface area contributed by atoms with Gasteiger partial charge in [-0.1, -0.05) is 18.2 Å². The minimum Gasteiger partial charge on any atom is -0.459 e. The number of nitrogens with zero attached hydrogens (tertiary/aromatic N) is 1. The van der Waals surface area contributed by atoms with Gasteiger partial charge in [0, 0.05) is 11.7 Å². The smallest absolute Gasteiger partial charge is 0.325 e. The van der Waals surface area contributed by atoms with E-state index in [1.807, 2.05) is 31.2 Å². The molecule has 1 atom stereocenters. The number of ether oxygens (including phenoxy) is 1. The van der Waals surface area contributed by atoms with Crippen molar-refractivity contribution in [3.8, 4) is 0 Å². The Labute approximate surface area is 144 Å². The number of carbonyl (C=O) groups excluding carboxylic acids is 3. The van der Waals surface area contributed by atoms with E-state index in [1.54, 1.807) is 11.0 Å². The van der Waals surface area contributed by atoms with E-state index in [9.17, 15) is 14.4 Å². The van der Waals surface area contributed by atoms with Gasteiger partial charge in [0.15, 0.2) is 12.4 Å². The summed E-state index contributed by atoms with van der Waals surface area (Å²) in [6, 6.07) is 10.7. The molecule has 1 aliphatic heterocycles. The van der Waals surface area contributed by atoms with E-state index >= 15 is 0 Å². The molecular weight excluding hydrogens is 324 g/mol. The van der Waals surface area contributed by atoms with Gasteiger partial charge in [-0.05, 0) is 37.1 Å². The minimum atomic E-state index is -0.687. The molecule has 1 aliphatic rings. The fraction of sp³-hybridized carbons (Fsp3) is 0.278. The fourth-order valence-corrected chi connectivity index (χ4v) is 2.86. The summed E-state index contributed by atoms with van der Waals surface area (Å²) in [4.78, 5) is 37.4. The maximum Gasteiger partial charge on any atom is 0.325 e. The van der Waals surface area contributed by atoms with Gasteiger partial charge in [0.25, 0.3) is 11.8 Å². The molecule has 1 aromatic carbocycles. The summed E-state index contributed by atoms with van der Waals surface area (Å²) in [6.45, 7) is 1.25. The molecule has 0 saturated carbocycles. The van der Waals surface area contributed by atoms with Crippen LogP contribution in [0, 0.1) is 0 Å². The first kappa shape index (κ1) is 16.8. The number of anilines is 1. The highest BCUT2D eigenvalue weighted by Gasteiger charge is 2.30. The third-order valence-corrected chi connectivity index (χ3v) is 3.97. The molecule has 0 fully saturated rings. The Bertz CT molecular complexity index is 785. The molecule has 25 heavy (non-hydrogen) atoms. The zero-order valence-corrected chi connectivity index (χ0v) is 13.7. The molecule has 1 aromatic heterocycles. The van der Waals surface area contributed by atoms with E-state index < -0.39 is 11.9 Å². The van der Waals surface area contributed by atoms with E-state index in [0.29, 0.717) is 0 Å². The van der Waals surface area contributed by atoms with E-state index in [2.05, 4.69) is 5.32 Å². The van der Waals surface area contributed by atoms with Crippen LogP contribution in [0.2, 0.25) is 0 Å². The molecule has 0 radical (unpaired) electrons. The molecule has 2 amide bonds. The van der Waals surface area contributed by atoms with E-state index in [4.69, 9.17) is 9.15 Å². The Morgan fingerprint density at radius 3 is 2.80 bits per heavy atom. The number of carbonyl (C=O) groups is 3. The van der Waals surface area contributed by atoms with Gasteiger partial charge in [-0.2, -0.15) is 0 Å². The predicted octanol–water partition coefficient (Wildman–Crippen LogP) is 1.53. The topological polar surface area (TPSA) is 88.9 Å². The average Bonchev–Trinajstić information content (AvgIpc) is 3.24. The van der Waals surface area contributed by atoms with Gasteiger partial charge in [0.2, 0.25) is 0 Å². The predicted molar refractivity (Wildman–Crippen MR) is 89.1 cm³/mol. The zero-order valence-electron chi connectivity index (χ0n) is 13.7. The first-order chi connectivity index (χ1) is 12.1. The van der Waals surface area contributed by atoms with Crippen molar-refractivity contribution in [3.05, 3.63) is 54.0 Å². The van der Waals surface area contributed by atoms with Crippen molar-refractivity contribution in [1.29, 1.82) is 0 Å². The van der Waals surface area contributed by atoms with Crippen LogP contribution in [0.1, 0.15) is 23.0 Å². The van der Waals surface area contributed by atoms with Crippen molar-refractivity contribution < 1.29 is 23.5 Å². The summed E-state index contributed by atoms with van der Waals surface area (Å²) in [5.41, 5.74) is 1.95. The van der Waals surface area contributed by atoms with Crippen LogP contribution in [-0.2, 0) is 20.7 Å². The standard InChI is InChI=1S/C18H18N2O5/c1-12-9-13-5-2-3-6-14(13)20(12)16(21)11-25-17(22)10-19-18(23)15-7-4-8-24-15/h2-8,12H,9-11H2,1H3,(H,19,23)/t12-/m0/s1. The van der Waals surface area contributed by atoms with Gasteiger partial charge in [-0.25, -0.2) is 0 Å². The Morgan fingerprint density at radius 1 is 1.24 bits per heavy atom. The second-order valence-electron chi connectivity index (χ2n) is 5.77. The minimum absolute atomic E-state index is 0.0160. The number of furan rings is 1. The van der Waals surface area contributed by atoms with Gasteiger partial charge < -0.3 is 19.4 Å². The largest absolute Gasteiger partial charge is 0.459 e. The Hall–Kier alpha value is -3.09. The molecule has 130 valence electrons. The number of fused-ring (bicyclic) bond motifs is 1. The van der Waals surface area contributed by atoms with Gasteiger partial charge in [0.1, 0.15) is 6.54 Å². The van der Waals surface area contributed by atoms with Crippen molar-refractivity contribution in [2.24, 2.45) is 0 Å². The summed E-state index contributed by atoms with van der Waals surface area (Å²) in [7, 11) is 0. The summed E-state index contributed by atoms with van der Waals surface area (Å²) < 4.78 is 9.89. The van der Waals surface area contributed by atoms with Crippen LogP contribution in [0.5, 0.6) is 0 Å². The molecule has 0 saturated heterocycles. The summed E-state index contributed by atoms with van der Waals surface area (Å²) in [5, 5.41) is 2.37. The van der Waals surface area contributed by atoms with E-state index in [-0.39, 0.29) is 30.9 Å². The summed E-state index contributed by atoms with van der Waals surface area (Å²) >= 11 is 0. The number of esters is 1. The average molecular weight is 342 g/mol. The molecule has 0 bridgehead atoms. The number of nitrogens with one attached hydrogen (secondary N) is 1. The third kappa shape index (κ3) is 3.71. The first-order valence-corrected chi connectivity index (χ1v) is 7.93. The van der Waals surface area contributed by atoms with E-state index in [1.165, 1.54) is 12.3 Å². The molecule has 0 unspecified atom stereocenters. The Kier molecular flexibility index (Phi) is 4.83. The quantitative estimate of drug-likeness (QED) is 0.833. The van der Waals surface area contributed by atoms with Gasteiger partial charge >= 0.3 is 5.97 Å². The van der Waals surface area contributed by atoms with Crippen LogP contribution < -0.4 is 10.2 Å². The fourth-order valence-electron chi connectivity index (χ4n) is 2.86. The maximum atomic E-state index is 12.4. The molecule has 7 heteroatoms. The van der Waals surface area contributed by atoms with Crippen LogP contribution in [-0.4, -0.2) is 37.0 Å². The Morgan fingerprint density at radius 2 is 2.04 bits per heavy atom. The van der Waals surface area contributed by atoms with Crippen molar-refractivity contribution in [3.63, 3.8) is 0 Å². The van der Waals surface area contributed by atoms with Gasteiger partial charge in [0.05, 0.1) is 6.26 Å². The molecule has 7 nitrogen and oxygen atoms in total. The molecule has 2 heterocycles. The molecular formula is C18H18N2O5. The summed E-state index contributed by atoms with van der Waals surface area (Å²) in [5.74, 6) is -1.39. The van der Waals surface area contributed by atoms with E-state index in [0.717, 1.165) is 17.7 Å². The maximum absolute atomic E-state index is 12.4. The molecule has 1 N–H and O–H groups in total. The van der Waals surface area contributed by atoms with Gasteiger partial charge in [-0.3, -0.25) is 14.4 Å². The second-order valence-corrected chi connectivity index (χ2v) is 5.77. The van der Waals surface area contributed by atoms with Crippen molar-refractivity contribution in [2.75, 3.05) is 18.1 Å². The molecule has 0 aliphatic carbocycles. The van der Waals surface area contributed by atoms with Crippen LogP contribution in [0.25, 0.3) is 0 Å². The summed E-state index contributed by atoms with van der Waals surface area (Å²) in [6.07, 6.45) is 2.13. The lowest BCUT2D eigenvalue weighted by Gasteiger charge is -2.22. The third-order valence-electron chi connectivity index (χ3n) is 3.97. The van der Waals surface area contributed by atoms with Crippen LogP contribution >= 0.6 is 0 Å². The highest BCUT2D eigenvalue weighted by Crippen LogP contribution is 2.31. The van der Waals surface area contributed by atoms with Crippen molar-refractivity contribution in [2.45, 2.75) is 19.4 Å². The lowest BCUT2D eigenvalue weighted by Crippen LogP contribution is -2.39. The van der Waals surface area contributed by atoms with Crippen LogP contribution in [0.4, 0.5) is 5.69 Å². The number of benzene rings is 1. The van der Waals surface area contributed by atoms with Crippen molar-refractivity contribution >= 4 is 23.5 Å². The molecule has 0 spiro atoms. The molecule has 2 aromatic rings. The lowest BCUT2D eigenvalue weighted by atomic mass is 10.1. The van der Waals surface area contributed by atoms with Gasteiger partial charge in [-0.15, -0.1) is 0 Å². The number of rotatable bonds is 5. The second kappa shape index (κ2) is 7.21. The highest BCUT2D eigenvalue weighted by molar-refractivity contribution is 5.98. The first-order valence-electron chi connectivity index (χ1n) is 7.93. The zero-order chi connectivity index (χ0) is 17.8. The van der Waals surface area contributed by atoms with Crippen molar-refractivity contribution in [1.82, 2.24) is 5.32 Å². The number of para-hydroxylation sites is 1. The number of hydrogen-bond donors (Lipinski definition) is 1. The normalized spacial score (nSPS) is 15.6. The number of amides is 2. The van der Waals surface area contributed by atoms with Crippen LogP contribution in [0.3, 0.4) is 0 Å². The highest BCUT2D eigenvalue weighted by atomic mass is 16.5.